The van der Waals surface area contributed by atoms with Gasteiger partial charge in [0.25, 0.3) is 0 Å². The highest BCUT2D eigenvalue weighted by Gasteiger charge is 2.37. The maximum Gasteiger partial charge on any atom is 0.248 e. The van der Waals surface area contributed by atoms with Crippen molar-refractivity contribution in [3.8, 4) is 5.75 Å². The quantitative estimate of drug-likeness (QED) is 0.625. The minimum Gasteiger partial charge on any atom is -0.492 e. The number of halogens is 2. The second-order valence-electron chi connectivity index (χ2n) is 5.64. The van der Waals surface area contributed by atoms with Crippen molar-refractivity contribution < 1.29 is 13.5 Å². The lowest BCUT2D eigenvalue weighted by atomic mass is 9.80. The van der Waals surface area contributed by atoms with E-state index in [-0.39, 0.29) is 24.8 Å². The molecule has 0 spiro atoms. The summed E-state index contributed by atoms with van der Waals surface area (Å²) in [7, 11) is 0. The molecule has 1 unspecified atom stereocenters. The van der Waals surface area contributed by atoms with Crippen molar-refractivity contribution in [3.05, 3.63) is 24.0 Å². The molecule has 1 heterocycles. The van der Waals surface area contributed by atoms with Gasteiger partial charge < -0.3 is 4.74 Å². The molecule has 6 heteroatoms. The Morgan fingerprint density at radius 1 is 1.43 bits per heavy atom. The molecule has 1 saturated carbocycles. The average molecular weight is 299 g/mol. The largest absolute Gasteiger partial charge is 0.492 e. The highest BCUT2D eigenvalue weighted by Crippen LogP contribution is 2.41. The summed E-state index contributed by atoms with van der Waals surface area (Å²) in [6.07, 6.45) is 5.06. The van der Waals surface area contributed by atoms with Crippen LogP contribution < -0.4 is 16.0 Å². The van der Waals surface area contributed by atoms with Gasteiger partial charge in [-0.3, -0.25) is 16.3 Å². The molecule has 1 aromatic heterocycles. The zero-order valence-electron chi connectivity index (χ0n) is 12.3. The fourth-order valence-corrected chi connectivity index (χ4v) is 2.80. The lowest BCUT2D eigenvalue weighted by Crippen LogP contribution is -2.37. The maximum absolute atomic E-state index is 13.3. The van der Waals surface area contributed by atoms with Crippen LogP contribution in [0.25, 0.3) is 0 Å². The molecule has 118 valence electrons. The molecule has 1 aliphatic carbocycles. The molecule has 1 aliphatic rings. The minimum absolute atomic E-state index is 0.0741. The van der Waals surface area contributed by atoms with Gasteiger partial charge in [-0.2, -0.15) is 0 Å². The van der Waals surface area contributed by atoms with Gasteiger partial charge in [-0.15, -0.1) is 0 Å². The van der Waals surface area contributed by atoms with Gasteiger partial charge >= 0.3 is 0 Å². The van der Waals surface area contributed by atoms with Crippen LogP contribution in [0.5, 0.6) is 5.75 Å². The summed E-state index contributed by atoms with van der Waals surface area (Å²) in [5.41, 5.74) is 3.65. The zero-order valence-corrected chi connectivity index (χ0v) is 12.3. The third-order valence-electron chi connectivity index (χ3n) is 3.98. The van der Waals surface area contributed by atoms with Crippen LogP contribution >= 0.6 is 0 Å². The number of hydrazine groups is 1. The van der Waals surface area contributed by atoms with E-state index < -0.39 is 5.92 Å². The number of ether oxygens (including phenoxy) is 1. The fraction of sp³-hybridized carbons (Fsp3) is 0.667. The Kier molecular flexibility index (Phi) is 5.47. The zero-order chi connectivity index (χ0) is 15.3. The SMILES string of the molecule is CCCOc1cncc(C(NN)C2CCC(F)(F)CC2)c1. The molecule has 0 aliphatic heterocycles. The first-order valence-electron chi connectivity index (χ1n) is 7.47. The number of aromatic nitrogens is 1. The molecule has 2 rings (SSSR count). The number of pyridine rings is 1. The highest BCUT2D eigenvalue weighted by molar-refractivity contribution is 5.26. The van der Waals surface area contributed by atoms with Crippen molar-refractivity contribution in [2.45, 2.75) is 51.0 Å². The first-order chi connectivity index (χ1) is 10.1. The third-order valence-corrected chi connectivity index (χ3v) is 3.98. The van der Waals surface area contributed by atoms with E-state index in [1.54, 1.807) is 12.4 Å². The van der Waals surface area contributed by atoms with E-state index in [2.05, 4.69) is 10.4 Å². The molecule has 1 aromatic rings. The summed E-state index contributed by atoms with van der Waals surface area (Å²) in [5, 5.41) is 0. The molecule has 0 bridgehead atoms. The molecular formula is C15H23F2N3O. The number of nitrogens with two attached hydrogens (primary N) is 1. The maximum atomic E-state index is 13.3. The Hall–Kier alpha value is -1.27. The van der Waals surface area contributed by atoms with Crippen LogP contribution in [0.3, 0.4) is 0 Å². The van der Waals surface area contributed by atoms with Crippen molar-refractivity contribution in [2.75, 3.05) is 6.61 Å². The summed E-state index contributed by atoms with van der Waals surface area (Å²) in [6.45, 7) is 2.66. The van der Waals surface area contributed by atoms with Crippen molar-refractivity contribution in [3.63, 3.8) is 0 Å². The fourth-order valence-electron chi connectivity index (χ4n) is 2.80. The molecule has 1 atom stereocenters. The number of alkyl halides is 2. The van der Waals surface area contributed by atoms with Crippen molar-refractivity contribution in [1.29, 1.82) is 0 Å². The van der Waals surface area contributed by atoms with Gasteiger partial charge in [0.1, 0.15) is 5.75 Å². The van der Waals surface area contributed by atoms with Crippen LogP contribution in [0, 0.1) is 5.92 Å². The van der Waals surface area contributed by atoms with Gasteiger partial charge in [-0.1, -0.05) is 6.92 Å². The summed E-state index contributed by atoms with van der Waals surface area (Å²) in [4.78, 5) is 4.16. The van der Waals surface area contributed by atoms with E-state index in [0.717, 1.165) is 12.0 Å². The monoisotopic (exact) mass is 299 g/mol. The van der Waals surface area contributed by atoms with Gasteiger partial charge in [0, 0.05) is 19.0 Å². The molecule has 21 heavy (non-hydrogen) atoms. The number of nitrogens with zero attached hydrogens (tertiary/aromatic N) is 1. The smallest absolute Gasteiger partial charge is 0.248 e. The lowest BCUT2D eigenvalue weighted by Gasteiger charge is -2.33. The minimum atomic E-state index is -2.53. The van der Waals surface area contributed by atoms with E-state index in [9.17, 15) is 8.78 Å². The Balaban J connectivity index is 2.07. The van der Waals surface area contributed by atoms with E-state index in [1.807, 2.05) is 13.0 Å². The van der Waals surface area contributed by atoms with Crippen LogP contribution in [-0.2, 0) is 0 Å². The standard InChI is InChI=1S/C15H23F2N3O/c1-2-7-21-13-8-12(9-19-10-13)14(20-18)11-3-5-15(16,17)6-4-11/h8-11,14,20H,2-7,18H2,1H3. The lowest BCUT2D eigenvalue weighted by molar-refractivity contribution is -0.0498. The summed E-state index contributed by atoms with van der Waals surface area (Å²) < 4.78 is 32.1. The van der Waals surface area contributed by atoms with Crippen LogP contribution in [-0.4, -0.2) is 17.5 Å². The van der Waals surface area contributed by atoms with Crippen molar-refractivity contribution in [2.24, 2.45) is 11.8 Å². The molecular weight excluding hydrogens is 276 g/mol. The van der Waals surface area contributed by atoms with E-state index in [0.29, 0.717) is 25.2 Å². The molecule has 1 fully saturated rings. The Labute approximate surface area is 124 Å². The second kappa shape index (κ2) is 7.13. The van der Waals surface area contributed by atoms with Crippen LogP contribution in [0.15, 0.2) is 18.5 Å². The Morgan fingerprint density at radius 2 is 2.14 bits per heavy atom. The van der Waals surface area contributed by atoms with Gasteiger partial charge in [-0.05, 0) is 36.8 Å². The van der Waals surface area contributed by atoms with Crippen LogP contribution in [0.4, 0.5) is 8.78 Å². The molecule has 4 nitrogen and oxygen atoms in total. The second-order valence-corrected chi connectivity index (χ2v) is 5.64. The van der Waals surface area contributed by atoms with Gasteiger partial charge in [-0.25, -0.2) is 8.78 Å². The molecule has 3 N–H and O–H groups in total. The van der Waals surface area contributed by atoms with Gasteiger partial charge in [0.2, 0.25) is 5.92 Å². The molecule has 0 saturated heterocycles. The first-order valence-corrected chi connectivity index (χ1v) is 7.47. The van der Waals surface area contributed by atoms with Crippen LogP contribution in [0.2, 0.25) is 0 Å². The summed E-state index contributed by atoms with van der Waals surface area (Å²) in [6, 6.07) is 1.72. The van der Waals surface area contributed by atoms with Crippen molar-refractivity contribution in [1.82, 2.24) is 10.4 Å². The number of rotatable bonds is 6. The molecule has 0 radical (unpaired) electrons. The Morgan fingerprint density at radius 3 is 2.76 bits per heavy atom. The van der Waals surface area contributed by atoms with Crippen molar-refractivity contribution >= 4 is 0 Å². The number of hydrogen-bond donors (Lipinski definition) is 2. The first kappa shape index (κ1) is 16.1. The van der Waals surface area contributed by atoms with E-state index >= 15 is 0 Å². The Bertz CT molecular complexity index is 446. The van der Waals surface area contributed by atoms with Crippen LogP contribution in [0.1, 0.15) is 50.6 Å². The predicted molar refractivity (Wildman–Crippen MR) is 77.0 cm³/mol. The number of nitrogens with one attached hydrogen (secondary N) is 1. The van der Waals surface area contributed by atoms with Gasteiger partial charge in [0.15, 0.2) is 0 Å². The normalized spacial score (nSPS) is 20.2. The molecule has 0 amide bonds. The summed E-state index contributed by atoms with van der Waals surface area (Å²) in [5.74, 6) is 3.91. The van der Waals surface area contributed by atoms with E-state index in [4.69, 9.17) is 10.6 Å². The third kappa shape index (κ3) is 4.35. The average Bonchev–Trinajstić information content (AvgIpc) is 2.48. The molecule has 0 aromatic carbocycles. The highest BCUT2D eigenvalue weighted by atomic mass is 19.3. The predicted octanol–water partition coefficient (Wildman–Crippen LogP) is 3.20. The number of hydrogen-bond acceptors (Lipinski definition) is 4. The topological polar surface area (TPSA) is 60.2 Å². The summed E-state index contributed by atoms with van der Waals surface area (Å²) >= 11 is 0. The van der Waals surface area contributed by atoms with E-state index in [1.165, 1.54) is 0 Å². The van der Waals surface area contributed by atoms with Gasteiger partial charge in [0.05, 0.1) is 18.8 Å².